The van der Waals surface area contributed by atoms with Gasteiger partial charge in [0, 0.05) is 36.6 Å². The van der Waals surface area contributed by atoms with Crippen molar-refractivity contribution in [1.29, 1.82) is 0 Å². The number of amides is 3. The molecule has 5 nitrogen and oxygen atoms in total. The highest BCUT2D eigenvalue weighted by atomic mass is 19.4. The number of benzene rings is 3. The summed E-state index contributed by atoms with van der Waals surface area (Å²) in [6, 6.07) is 17.1. The molecule has 0 unspecified atom stereocenters. The summed E-state index contributed by atoms with van der Waals surface area (Å²) in [6.07, 6.45) is -3.62. The number of nitrogens with zero attached hydrogens (tertiary/aromatic N) is 2. The Morgan fingerprint density at radius 3 is 2.14 bits per heavy atom. The molecule has 0 aromatic heterocycles. The zero-order chi connectivity index (χ0) is 25.2. The van der Waals surface area contributed by atoms with Crippen LogP contribution in [0, 0.1) is 13.8 Å². The number of carbonyl (C=O) groups excluding carboxylic acids is 2. The van der Waals surface area contributed by atoms with E-state index in [1.54, 1.807) is 29.2 Å². The predicted octanol–water partition coefficient (Wildman–Crippen LogP) is 6.41. The molecule has 4 rings (SSSR count). The van der Waals surface area contributed by atoms with Crippen LogP contribution in [0.1, 0.15) is 39.0 Å². The zero-order valence-corrected chi connectivity index (χ0v) is 19.5. The van der Waals surface area contributed by atoms with Gasteiger partial charge in [-0.3, -0.25) is 9.69 Å². The van der Waals surface area contributed by atoms with Crippen molar-refractivity contribution in [2.24, 2.45) is 0 Å². The normalized spacial score (nSPS) is 14.3. The van der Waals surface area contributed by atoms with E-state index in [0.29, 0.717) is 31.0 Å². The molecule has 0 radical (unpaired) electrons. The molecule has 1 N–H and O–H groups in total. The average molecular weight is 482 g/mol. The third kappa shape index (κ3) is 5.82. The highest BCUT2D eigenvalue weighted by Crippen LogP contribution is 2.29. The lowest BCUT2D eigenvalue weighted by Gasteiger charge is -2.36. The van der Waals surface area contributed by atoms with Crippen molar-refractivity contribution in [2.45, 2.75) is 33.0 Å². The SMILES string of the molecule is Cc1cc(C)cc(CN2CCCN(c3ccc(NC(=O)c4ccc(C(F)(F)F)cc4)cc3)C2=O)c1. The topological polar surface area (TPSA) is 52.6 Å². The van der Waals surface area contributed by atoms with Gasteiger partial charge in [-0.1, -0.05) is 29.3 Å². The van der Waals surface area contributed by atoms with E-state index < -0.39 is 17.6 Å². The summed E-state index contributed by atoms with van der Waals surface area (Å²) in [6.45, 7) is 5.90. The molecule has 1 heterocycles. The summed E-state index contributed by atoms with van der Waals surface area (Å²) in [5, 5.41) is 2.68. The maximum Gasteiger partial charge on any atom is 0.416 e. The first-order valence-corrected chi connectivity index (χ1v) is 11.3. The van der Waals surface area contributed by atoms with Crippen LogP contribution in [0.2, 0.25) is 0 Å². The molecule has 182 valence electrons. The number of hydrogen-bond donors (Lipinski definition) is 1. The molecule has 0 aliphatic carbocycles. The second kappa shape index (κ2) is 9.82. The number of urea groups is 1. The van der Waals surface area contributed by atoms with E-state index >= 15 is 0 Å². The first kappa shape index (κ1) is 24.3. The Labute approximate surface area is 202 Å². The number of aryl methyl sites for hydroxylation is 2. The summed E-state index contributed by atoms with van der Waals surface area (Å²) in [4.78, 5) is 29.1. The van der Waals surface area contributed by atoms with Crippen molar-refractivity contribution < 1.29 is 22.8 Å². The Morgan fingerprint density at radius 1 is 0.914 bits per heavy atom. The van der Waals surface area contributed by atoms with Gasteiger partial charge in [0.15, 0.2) is 0 Å². The maximum atomic E-state index is 13.1. The molecule has 8 heteroatoms. The Kier molecular flexibility index (Phi) is 6.82. The van der Waals surface area contributed by atoms with Crippen molar-refractivity contribution in [3.05, 3.63) is 94.5 Å². The van der Waals surface area contributed by atoms with Crippen LogP contribution in [-0.2, 0) is 12.7 Å². The monoisotopic (exact) mass is 481 g/mol. The molecule has 1 saturated heterocycles. The van der Waals surface area contributed by atoms with E-state index in [9.17, 15) is 22.8 Å². The second-order valence-corrected chi connectivity index (χ2v) is 8.78. The van der Waals surface area contributed by atoms with Gasteiger partial charge in [-0.2, -0.15) is 13.2 Å². The zero-order valence-electron chi connectivity index (χ0n) is 19.5. The van der Waals surface area contributed by atoms with Gasteiger partial charge < -0.3 is 10.2 Å². The Balaban J connectivity index is 1.41. The summed E-state index contributed by atoms with van der Waals surface area (Å²) in [7, 11) is 0. The molecular formula is C27H26F3N3O2. The molecule has 3 aromatic rings. The van der Waals surface area contributed by atoms with Gasteiger partial charge in [0.1, 0.15) is 0 Å². The van der Waals surface area contributed by atoms with Gasteiger partial charge in [-0.05, 0) is 74.4 Å². The quantitative estimate of drug-likeness (QED) is 0.458. The summed E-state index contributed by atoms with van der Waals surface area (Å²) < 4.78 is 38.2. The van der Waals surface area contributed by atoms with Crippen molar-refractivity contribution >= 4 is 23.3 Å². The first-order valence-electron chi connectivity index (χ1n) is 11.3. The number of rotatable bonds is 5. The molecule has 3 amide bonds. The van der Waals surface area contributed by atoms with Crippen LogP contribution in [0.5, 0.6) is 0 Å². The van der Waals surface area contributed by atoms with E-state index in [0.717, 1.165) is 47.4 Å². The number of carbonyl (C=O) groups is 2. The minimum Gasteiger partial charge on any atom is -0.322 e. The van der Waals surface area contributed by atoms with Crippen LogP contribution < -0.4 is 10.2 Å². The molecule has 1 fully saturated rings. The molecule has 3 aromatic carbocycles. The van der Waals surface area contributed by atoms with E-state index in [-0.39, 0.29) is 11.6 Å². The van der Waals surface area contributed by atoms with Crippen molar-refractivity contribution in [2.75, 3.05) is 23.3 Å². The lowest BCUT2D eigenvalue weighted by Crippen LogP contribution is -2.49. The van der Waals surface area contributed by atoms with Crippen LogP contribution >= 0.6 is 0 Å². The minimum atomic E-state index is -4.45. The molecule has 0 spiro atoms. The summed E-state index contributed by atoms with van der Waals surface area (Å²) >= 11 is 0. The highest BCUT2D eigenvalue weighted by Gasteiger charge is 2.30. The molecule has 0 atom stereocenters. The van der Waals surface area contributed by atoms with E-state index in [1.807, 2.05) is 18.7 Å². The number of anilines is 2. The van der Waals surface area contributed by atoms with Crippen molar-refractivity contribution in [3.8, 4) is 0 Å². The minimum absolute atomic E-state index is 0.0723. The van der Waals surface area contributed by atoms with Gasteiger partial charge in [-0.15, -0.1) is 0 Å². The number of hydrogen-bond acceptors (Lipinski definition) is 2. The largest absolute Gasteiger partial charge is 0.416 e. The predicted molar refractivity (Wildman–Crippen MR) is 130 cm³/mol. The molecule has 0 saturated carbocycles. The van der Waals surface area contributed by atoms with E-state index in [1.165, 1.54) is 0 Å². The summed E-state index contributed by atoms with van der Waals surface area (Å²) in [5.74, 6) is -0.514. The van der Waals surface area contributed by atoms with Gasteiger partial charge in [-0.25, -0.2) is 4.79 Å². The van der Waals surface area contributed by atoms with Gasteiger partial charge >= 0.3 is 12.2 Å². The van der Waals surface area contributed by atoms with Gasteiger partial charge in [0.25, 0.3) is 5.91 Å². The molecule has 1 aliphatic heterocycles. The summed E-state index contributed by atoms with van der Waals surface area (Å²) in [5.41, 5.74) is 3.93. The van der Waals surface area contributed by atoms with Crippen LogP contribution in [0.4, 0.5) is 29.3 Å². The van der Waals surface area contributed by atoms with E-state index in [4.69, 9.17) is 0 Å². The van der Waals surface area contributed by atoms with Gasteiger partial charge in [0.05, 0.1) is 5.56 Å². The highest BCUT2D eigenvalue weighted by molar-refractivity contribution is 6.04. The van der Waals surface area contributed by atoms with Crippen molar-refractivity contribution in [1.82, 2.24) is 4.90 Å². The fraction of sp³-hybridized carbons (Fsp3) is 0.259. The Morgan fingerprint density at radius 2 is 1.54 bits per heavy atom. The first-order chi connectivity index (χ1) is 16.6. The van der Waals surface area contributed by atoms with Crippen LogP contribution in [0.3, 0.4) is 0 Å². The van der Waals surface area contributed by atoms with Crippen LogP contribution in [0.15, 0.2) is 66.7 Å². The Hall–Kier alpha value is -3.81. The fourth-order valence-electron chi connectivity index (χ4n) is 4.29. The second-order valence-electron chi connectivity index (χ2n) is 8.78. The standard InChI is InChI=1S/C27H26F3N3O2/c1-18-14-19(2)16-20(15-18)17-32-12-3-13-33(26(32)35)24-10-8-23(9-11-24)31-25(34)21-4-6-22(7-5-21)27(28,29)30/h4-11,14-16H,3,12-13,17H2,1-2H3,(H,31,34). The maximum absolute atomic E-state index is 13.1. The molecular weight excluding hydrogens is 455 g/mol. The number of halogens is 3. The Bertz CT molecular complexity index is 1200. The fourth-order valence-corrected chi connectivity index (χ4v) is 4.29. The van der Waals surface area contributed by atoms with E-state index in [2.05, 4.69) is 23.5 Å². The lowest BCUT2D eigenvalue weighted by atomic mass is 10.1. The van der Waals surface area contributed by atoms with Crippen molar-refractivity contribution in [3.63, 3.8) is 0 Å². The number of nitrogens with one attached hydrogen (secondary N) is 1. The lowest BCUT2D eigenvalue weighted by molar-refractivity contribution is -0.137. The van der Waals surface area contributed by atoms with Crippen LogP contribution in [-0.4, -0.2) is 29.9 Å². The van der Waals surface area contributed by atoms with Gasteiger partial charge in [0.2, 0.25) is 0 Å². The van der Waals surface area contributed by atoms with Crippen LogP contribution in [0.25, 0.3) is 0 Å². The number of alkyl halides is 3. The molecule has 35 heavy (non-hydrogen) atoms. The molecule has 1 aliphatic rings. The third-order valence-corrected chi connectivity index (χ3v) is 5.88. The smallest absolute Gasteiger partial charge is 0.322 e. The average Bonchev–Trinajstić information content (AvgIpc) is 2.80. The third-order valence-electron chi connectivity index (χ3n) is 5.88. The molecule has 0 bridgehead atoms.